The van der Waals surface area contributed by atoms with Gasteiger partial charge in [0.2, 0.25) is 0 Å². The van der Waals surface area contributed by atoms with E-state index in [1.54, 1.807) is 24.3 Å². The summed E-state index contributed by atoms with van der Waals surface area (Å²) in [5, 5.41) is 20.2. The van der Waals surface area contributed by atoms with Gasteiger partial charge in [0.05, 0.1) is 11.0 Å². The van der Waals surface area contributed by atoms with Gasteiger partial charge in [-0.25, -0.2) is 4.79 Å². The minimum atomic E-state index is -1.37. The Morgan fingerprint density at radius 2 is 1.90 bits per heavy atom. The number of hydrogen-bond acceptors (Lipinski definition) is 4. The quantitative estimate of drug-likeness (QED) is 0.685. The molecule has 0 radical (unpaired) electrons. The van der Waals surface area contributed by atoms with Gasteiger partial charge in [-0.15, -0.1) is 0 Å². The molecule has 0 atom stereocenters. The Morgan fingerprint density at radius 3 is 2.50 bits per heavy atom. The van der Waals surface area contributed by atoms with Crippen molar-refractivity contribution >= 4 is 23.3 Å². The van der Waals surface area contributed by atoms with E-state index in [1.807, 2.05) is 0 Å². The first-order valence-electron chi connectivity index (χ1n) is 5.42. The molecule has 7 heteroatoms. The van der Waals surface area contributed by atoms with Gasteiger partial charge in [-0.1, -0.05) is 17.7 Å². The molecule has 20 heavy (non-hydrogen) atoms. The first-order valence-corrected chi connectivity index (χ1v) is 5.80. The summed E-state index contributed by atoms with van der Waals surface area (Å²) in [5.41, 5.74) is -0.925. The van der Waals surface area contributed by atoms with Gasteiger partial charge in [0.1, 0.15) is 17.1 Å². The van der Waals surface area contributed by atoms with Crippen LogP contribution in [0.1, 0.15) is 10.4 Å². The van der Waals surface area contributed by atoms with Crippen molar-refractivity contribution < 1.29 is 19.6 Å². The van der Waals surface area contributed by atoms with E-state index in [1.165, 1.54) is 6.07 Å². The van der Waals surface area contributed by atoms with Crippen LogP contribution in [0.2, 0.25) is 5.02 Å². The highest BCUT2D eigenvalue weighted by Crippen LogP contribution is 2.29. The molecule has 0 aromatic heterocycles. The summed E-state index contributed by atoms with van der Waals surface area (Å²) in [7, 11) is 0. The number of ether oxygens (including phenoxy) is 1. The molecule has 102 valence electrons. The highest BCUT2D eigenvalue weighted by molar-refractivity contribution is 6.30. The molecule has 6 nitrogen and oxygen atoms in total. The highest BCUT2D eigenvalue weighted by atomic mass is 35.5. The van der Waals surface area contributed by atoms with Crippen molar-refractivity contribution in [3.8, 4) is 11.5 Å². The zero-order valence-corrected chi connectivity index (χ0v) is 10.7. The number of nitro groups is 1. The maximum atomic E-state index is 10.9. The zero-order chi connectivity index (χ0) is 14.7. The van der Waals surface area contributed by atoms with Crippen molar-refractivity contribution in [3.05, 3.63) is 63.2 Å². The molecular formula is C13H8ClNO5. The fourth-order valence-electron chi connectivity index (χ4n) is 1.57. The van der Waals surface area contributed by atoms with Gasteiger partial charge in [0.15, 0.2) is 0 Å². The van der Waals surface area contributed by atoms with E-state index in [0.29, 0.717) is 10.8 Å². The van der Waals surface area contributed by atoms with E-state index in [2.05, 4.69) is 0 Å². The van der Waals surface area contributed by atoms with Crippen LogP contribution in [-0.2, 0) is 0 Å². The van der Waals surface area contributed by atoms with E-state index in [-0.39, 0.29) is 5.75 Å². The molecule has 2 aromatic rings. The fraction of sp³-hybridized carbons (Fsp3) is 0. The standard InChI is InChI=1S/C13H8ClNO5/c14-8-2-1-3-9(6-8)20-10-4-5-11(13(16)17)12(7-10)15(18)19/h1-7H,(H,16,17). The summed E-state index contributed by atoms with van der Waals surface area (Å²) in [4.78, 5) is 21.0. The molecule has 0 fully saturated rings. The van der Waals surface area contributed by atoms with Crippen molar-refractivity contribution in [2.24, 2.45) is 0 Å². The van der Waals surface area contributed by atoms with Crippen molar-refractivity contribution in [1.29, 1.82) is 0 Å². The Balaban J connectivity index is 2.36. The van der Waals surface area contributed by atoms with Crippen molar-refractivity contribution in [2.45, 2.75) is 0 Å². The van der Waals surface area contributed by atoms with E-state index in [9.17, 15) is 14.9 Å². The van der Waals surface area contributed by atoms with Crippen LogP contribution in [0.5, 0.6) is 11.5 Å². The summed E-state index contributed by atoms with van der Waals surface area (Å²) in [6, 6.07) is 10.0. The van der Waals surface area contributed by atoms with E-state index < -0.39 is 22.1 Å². The Labute approximate surface area is 118 Å². The van der Waals surface area contributed by atoms with Crippen molar-refractivity contribution in [3.63, 3.8) is 0 Å². The maximum Gasteiger partial charge on any atom is 0.342 e. The van der Waals surface area contributed by atoms with Crippen molar-refractivity contribution in [1.82, 2.24) is 0 Å². The third-order valence-electron chi connectivity index (χ3n) is 2.43. The molecule has 0 aliphatic carbocycles. The van der Waals surface area contributed by atoms with E-state index in [4.69, 9.17) is 21.4 Å². The second-order valence-corrected chi connectivity index (χ2v) is 4.24. The molecule has 0 spiro atoms. The minimum absolute atomic E-state index is 0.156. The lowest BCUT2D eigenvalue weighted by molar-refractivity contribution is -0.385. The Hall–Kier alpha value is -2.60. The summed E-state index contributed by atoms with van der Waals surface area (Å²) >= 11 is 5.79. The highest BCUT2D eigenvalue weighted by Gasteiger charge is 2.20. The molecule has 0 unspecified atom stereocenters. The van der Waals surface area contributed by atoms with Crippen LogP contribution < -0.4 is 4.74 Å². The molecule has 2 aromatic carbocycles. The van der Waals surface area contributed by atoms with Gasteiger partial charge in [0.25, 0.3) is 5.69 Å². The Kier molecular flexibility index (Phi) is 3.86. The summed E-state index contributed by atoms with van der Waals surface area (Å²) in [6.07, 6.45) is 0. The van der Waals surface area contributed by atoms with Crippen LogP contribution in [0.3, 0.4) is 0 Å². The molecule has 0 heterocycles. The number of carboxylic acid groups (broad SMARTS) is 1. The molecule has 1 N–H and O–H groups in total. The van der Waals surface area contributed by atoms with Crippen LogP contribution in [0.4, 0.5) is 5.69 Å². The summed E-state index contributed by atoms with van der Waals surface area (Å²) in [6.45, 7) is 0. The van der Waals surface area contributed by atoms with Gasteiger partial charge in [-0.3, -0.25) is 10.1 Å². The van der Waals surface area contributed by atoms with Crippen LogP contribution in [0.25, 0.3) is 0 Å². The molecule has 0 saturated heterocycles. The van der Waals surface area contributed by atoms with Gasteiger partial charge in [-0.2, -0.15) is 0 Å². The van der Waals surface area contributed by atoms with Crippen LogP contribution in [0, 0.1) is 10.1 Å². The largest absolute Gasteiger partial charge is 0.477 e. The van der Waals surface area contributed by atoms with Crippen LogP contribution in [0.15, 0.2) is 42.5 Å². The summed E-state index contributed by atoms with van der Waals surface area (Å²) < 4.78 is 5.40. The number of nitro benzene ring substituents is 1. The number of halogens is 1. The lowest BCUT2D eigenvalue weighted by Crippen LogP contribution is -2.02. The van der Waals surface area contributed by atoms with Crippen LogP contribution >= 0.6 is 11.6 Å². The SMILES string of the molecule is O=C(O)c1ccc(Oc2cccc(Cl)c2)cc1[N+](=O)[O-]. The van der Waals surface area contributed by atoms with Gasteiger partial charge in [0, 0.05) is 5.02 Å². The average molecular weight is 294 g/mol. The average Bonchev–Trinajstić information content (AvgIpc) is 2.38. The normalized spacial score (nSPS) is 10.1. The van der Waals surface area contributed by atoms with Gasteiger partial charge in [-0.05, 0) is 30.3 Å². The number of carbonyl (C=O) groups is 1. The molecule has 0 amide bonds. The third kappa shape index (κ3) is 3.04. The third-order valence-corrected chi connectivity index (χ3v) is 2.66. The van der Waals surface area contributed by atoms with E-state index in [0.717, 1.165) is 12.1 Å². The predicted molar refractivity (Wildman–Crippen MR) is 71.6 cm³/mol. The second kappa shape index (κ2) is 5.58. The second-order valence-electron chi connectivity index (χ2n) is 3.80. The Bertz CT molecular complexity index is 686. The summed E-state index contributed by atoms with van der Waals surface area (Å²) in [5.74, 6) is -0.815. The fourth-order valence-corrected chi connectivity index (χ4v) is 1.75. The number of rotatable bonds is 4. The monoisotopic (exact) mass is 293 g/mol. The molecule has 0 aliphatic rings. The predicted octanol–water partition coefficient (Wildman–Crippen LogP) is 3.74. The molecule has 2 rings (SSSR count). The van der Waals surface area contributed by atoms with E-state index >= 15 is 0 Å². The number of hydrogen-bond donors (Lipinski definition) is 1. The van der Waals surface area contributed by atoms with Gasteiger partial charge >= 0.3 is 5.97 Å². The Morgan fingerprint density at radius 1 is 1.20 bits per heavy atom. The zero-order valence-electron chi connectivity index (χ0n) is 9.95. The molecular weight excluding hydrogens is 286 g/mol. The maximum absolute atomic E-state index is 10.9. The van der Waals surface area contributed by atoms with Gasteiger partial charge < -0.3 is 9.84 Å². The number of aromatic carboxylic acids is 1. The lowest BCUT2D eigenvalue weighted by atomic mass is 10.1. The number of nitrogens with zero attached hydrogens (tertiary/aromatic N) is 1. The first kappa shape index (κ1) is 13.8. The lowest BCUT2D eigenvalue weighted by Gasteiger charge is -2.06. The molecule has 0 bridgehead atoms. The first-order chi connectivity index (χ1) is 9.47. The molecule has 0 aliphatic heterocycles. The van der Waals surface area contributed by atoms with Crippen molar-refractivity contribution in [2.75, 3.05) is 0 Å². The smallest absolute Gasteiger partial charge is 0.342 e. The topological polar surface area (TPSA) is 89.7 Å². The minimum Gasteiger partial charge on any atom is -0.477 e. The number of benzene rings is 2. The van der Waals surface area contributed by atoms with Crippen LogP contribution in [-0.4, -0.2) is 16.0 Å². The number of carboxylic acids is 1. The molecule has 0 saturated carbocycles.